The van der Waals surface area contributed by atoms with Gasteiger partial charge < -0.3 is 14.6 Å². The molecule has 0 radical (unpaired) electrons. The molecular formula is C24H26ClNO6. The highest BCUT2D eigenvalue weighted by atomic mass is 35.5. The summed E-state index contributed by atoms with van der Waals surface area (Å²) in [7, 11) is 0. The maximum Gasteiger partial charge on any atom is 0.343 e. The molecule has 170 valence electrons. The molecule has 2 aromatic carbocycles. The molecule has 1 atom stereocenters. The Labute approximate surface area is 192 Å². The Morgan fingerprint density at radius 3 is 2.19 bits per heavy atom. The van der Waals surface area contributed by atoms with Gasteiger partial charge in [-0.05, 0) is 31.0 Å². The van der Waals surface area contributed by atoms with Crippen molar-refractivity contribution in [1.82, 2.24) is 0 Å². The number of hydrogen-bond acceptors (Lipinski definition) is 6. The molecule has 0 fully saturated rings. The highest BCUT2D eigenvalue weighted by Crippen LogP contribution is 2.35. The molecule has 0 saturated carbocycles. The van der Waals surface area contributed by atoms with Crippen LogP contribution in [0, 0.1) is 18.8 Å². The smallest absolute Gasteiger partial charge is 0.343 e. The van der Waals surface area contributed by atoms with Gasteiger partial charge in [-0.25, -0.2) is 9.59 Å². The minimum atomic E-state index is -1.09. The summed E-state index contributed by atoms with van der Waals surface area (Å²) >= 11 is 6.20. The number of hydrogen-bond donors (Lipinski definition) is 1. The van der Waals surface area contributed by atoms with E-state index in [1.807, 2.05) is 6.92 Å². The Morgan fingerprint density at radius 2 is 1.66 bits per heavy atom. The van der Waals surface area contributed by atoms with E-state index in [0.717, 1.165) is 5.56 Å². The van der Waals surface area contributed by atoms with E-state index in [1.54, 1.807) is 52.0 Å². The number of carbonyl (C=O) groups is 3. The van der Waals surface area contributed by atoms with Gasteiger partial charge in [0.05, 0.1) is 11.5 Å². The van der Waals surface area contributed by atoms with Crippen molar-refractivity contribution in [2.75, 3.05) is 0 Å². The first-order valence-corrected chi connectivity index (χ1v) is 10.5. The molecular weight excluding hydrogens is 434 g/mol. The van der Waals surface area contributed by atoms with E-state index < -0.39 is 29.9 Å². The maximum absolute atomic E-state index is 12.6. The lowest BCUT2D eigenvalue weighted by Gasteiger charge is -2.16. The van der Waals surface area contributed by atoms with Crippen LogP contribution in [-0.2, 0) is 9.59 Å². The van der Waals surface area contributed by atoms with Crippen molar-refractivity contribution in [3.8, 4) is 11.5 Å². The van der Waals surface area contributed by atoms with Crippen LogP contribution in [-0.4, -0.2) is 35.3 Å². The molecule has 2 aromatic rings. The zero-order chi connectivity index (χ0) is 24.0. The van der Waals surface area contributed by atoms with E-state index >= 15 is 0 Å². The number of benzene rings is 2. The van der Waals surface area contributed by atoms with E-state index in [0.29, 0.717) is 5.56 Å². The molecule has 0 amide bonds. The third-order valence-electron chi connectivity index (χ3n) is 4.47. The van der Waals surface area contributed by atoms with Crippen molar-refractivity contribution in [3.05, 3.63) is 58.1 Å². The summed E-state index contributed by atoms with van der Waals surface area (Å²) in [4.78, 5) is 40.6. The van der Waals surface area contributed by atoms with Crippen LogP contribution >= 0.6 is 11.6 Å². The van der Waals surface area contributed by atoms with Gasteiger partial charge in [-0.1, -0.05) is 57.0 Å². The first-order valence-electron chi connectivity index (χ1n) is 10.1. The molecule has 32 heavy (non-hydrogen) atoms. The Bertz CT molecular complexity index is 1030. The predicted octanol–water partition coefficient (Wildman–Crippen LogP) is 4.96. The minimum absolute atomic E-state index is 0.0646. The third kappa shape index (κ3) is 6.65. The van der Waals surface area contributed by atoms with E-state index in [1.165, 1.54) is 18.3 Å². The predicted molar refractivity (Wildman–Crippen MR) is 122 cm³/mol. The lowest BCUT2D eigenvalue weighted by Crippen LogP contribution is -2.24. The lowest BCUT2D eigenvalue weighted by atomic mass is 10.1. The van der Waals surface area contributed by atoms with Crippen LogP contribution in [0.5, 0.6) is 11.5 Å². The van der Waals surface area contributed by atoms with E-state index in [2.05, 4.69) is 4.99 Å². The Hall–Kier alpha value is -3.19. The van der Waals surface area contributed by atoms with E-state index in [4.69, 9.17) is 21.1 Å². The van der Waals surface area contributed by atoms with Crippen molar-refractivity contribution in [2.24, 2.45) is 16.8 Å². The number of ether oxygens (including phenoxy) is 2. The van der Waals surface area contributed by atoms with Crippen LogP contribution in [0.15, 0.2) is 41.4 Å². The fourth-order valence-corrected chi connectivity index (χ4v) is 2.83. The molecule has 1 N–H and O–H groups in total. The second kappa shape index (κ2) is 10.9. The number of aliphatic carboxylic acids is 1. The molecule has 8 heteroatoms. The monoisotopic (exact) mass is 459 g/mol. The van der Waals surface area contributed by atoms with Gasteiger partial charge in [0.2, 0.25) is 0 Å². The van der Waals surface area contributed by atoms with Crippen molar-refractivity contribution >= 4 is 35.7 Å². The Balaban J connectivity index is 2.52. The number of carbonyl (C=O) groups excluding carboxylic acids is 2. The van der Waals surface area contributed by atoms with E-state index in [-0.39, 0.29) is 28.0 Å². The number of aryl methyl sites for hydroxylation is 1. The molecule has 7 nitrogen and oxygen atoms in total. The molecule has 1 unspecified atom stereocenters. The first kappa shape index (κ1) is 25.1. The molecule has 0 aliphatic heterocycles. The molecule has 2 rings (SSSR count). The highest BCUT2D eigenvalue weighted by molar-refractivity contribution is 6.31. The molecule has 0 spiro atoms. The van der Waals surface area contributed by atoms with Crippen LogP contribution < -0.4 is 9.47 Å². The number of halogens is 1. The van der Waals surface area contributed by atoms with Crippen LogP contribution in [0.3, 0.4) is 0 Å². The van der Waals surface area contributed by atoms with Crippen molar-refractivity contribution in [2.45, 2.75) is 40.7 Å². The molecule has 0 aromatic heterocycles. The summed E-state index contributed by atoms with van der Waals surface area (Å²) in [5.41, 5.74) is 1.50. The first-order chi connectivity index (χ1) is 15.0. The molecule has 0 saturated heterocycles. The van der Waals surface area contributed by atoms with Crippen LogP contribution in [0.2, 0.25) is 5.02 Å². The summed E-state index contributed by atoms with van der Waals surface area (Å²) < 4.78 is 11.0. The summed E-state index contributed by atoms with van der Waals surface area (Å²) in [5, 5.41) is 9.58. The van der Waals surface area contributed by atoms with Gasteiger partial charge in [0.1, 0.15) is 6.04 Å². The van der Waals surface area contributed by atoms with Gasteiger partial charge in [-0.3, -0.25) is 9.79 Å². The average molecular weight is 460 g/mol. The zero-order valence-corrected chi connectivity index (χ0v) is 19.3. The highest BCUT2D eigenvalue weighted by Gasteiger charge is 2.23. The molecule has 0 aliphatic carbocycles. The van der Waals surface area contributed by atoms with Gasteiger partial charge >= 0.3 is 17.9 Å². The molecule has 0 heterocycles. The normalized spacial score (nSPS) is 12.2. The average Bonchev–Trinajstić information content (AvgIpc) is 2.70. The number of aliphatic imine (C=N–C) groups is 1. The largest absolute Gasteiger partial charge is 0.480 e. The SMILES string of the molecule is Cc1ccc(C(=O)Oc2cc(Cl)cc(C=NC(C(=O)O)C(C)C)c2OC(=O)C(C)C)cc1. The van der Waals surface area contributed by atoms with Gasteiger partial charge in [0.25, 0.3) is 0 Å². The van der Waals surface area contributed by atoms with Gasteiger partial charge in [-0.15, -0.1) is 0 Å². The van der Waals surface area contributed by atoms with Gasteiger partial charge in [0, 0.05) is 22.9 Å². The zero-order valence-electron chi connectivity index (χ0n) is 18.6. The number of rotatable bonds is 8. The van der Waals surface area contributed by atoms with Gasteiger partial charge in [0.15, 0.2) is 11.5 Å². The minimum Gasteiger partial charge on any atom is -0.480 e. The number of esters is 2. The van der Waals surface area contributed by atoms with Crippen molar-refractivity contribution < 1.29 is 29.0 Å². The van der Waals surface area contributed by atoms with Crippen LogP contribution in [0.4, 0.5) is 0 Å². The standard InChI is InChI=1S/C24H26ClNO6/c1-13(2)20(22(27)28)26-12-17-10-18(25)11-19(21(17)32-23(29)14(3)4)31-24(30)16-8-6-15(5)7-9-16/h6-14,20H,1-5H3,(H,27,28). The van der Waals surface area contributed by atoms with Crippen molar-refractivity contribution in [3.63, 3.8) is 0 Å². The topological polar surface area (TPSA) is 102 Å². The second-order valence-electron chi connectivity index (χ2n) is 7.96. The summed E-state index contributed by atoms with van der Waals surface area (Å²) in [6, 6.07) is 8.56. The fraction of sp³-hybridized carbons (Fsp3) is 0.333. The van der Waals surface area contributed by atoms with Crippen molar-refractivity contribution in [1.29, 1.82) is 0 Å². The number of carboxylic acid groups (broad SMARTS) is 1. The maximum atomic E-state index is 12.6. The van der Waals surface area contributed by atoms with Crippen LogP contribution in [0.1, 0.15) is 49.2 Å². The quantitative estimate of drug-likeness (QED) is 0.340. The Kier molecular flexibility index (Phi) is 8.55. The third-order valence-corrected chi connectivity index (χ3v) is 4.69. The fourth-order valence-electron chi connectivity index (χ4n) is 2.62. The molecule has 0 aliphatic rings. The second-order valence-corrected chi connectivity index (χ2v) is 8.40. The summed E-state index contributed by atoms with van der Waals surface area (Å²) in [6.07, 6.45) is 1.26. The summed E-state index contributed by atoms with van der Waals surface area (Å²) in [5.74, 6) is -3.19. The number of carboxylic acids is 1. The van der Waals surface area contributed by atoms with E-state index in [9.17, 15) is 19.5 Å². The molecule has 0 bridgehead atoms. The Morgan fingerprint density at radius 1 is 1.03 bits per heavy atom. The summed E-state index contributed by atoms with van der Waals surface area (Å²) in [6.45, 7) is 8.65. The van der Waals surface area contributed by atoms with Gasteiger partial charge in [-0.2, -0.15) is 0 Å². The lowest BCUT2D eigenvalue weighted by molar-refractivity contribution is -0.139. The van der Waals surface area contributed by atoms with Crippen LogP contribution in [0.25, 0.3) is 0 Å². The number of nitrogens with zero attached hydrogens (tertiary/aromatic N) is 1.